The first-order valence-electron chi connectivity index (χ1n) is 7.87. The molecule has 0 aromatic heterocycles. The number of benzene rings is 2. The van der Waals surface area contributed by atoms with Crippen LogP contribution in [0.25, 0.3) is 0 Å². The number of carbonyl (C=O) groups is 1. The molecule has 0 heterocycles. The maximum Gasteiger partial charge on any atom is 0.262 e. The van der Waals surface area contributed by atoms with Gasteiger partial charge in [-0.3, -0.25) is 4.79 Å². The van der Waals surface area contributed by atoms with E-state index in [9.17, 15) is 13.2 Å². The van der Waals surface area contributed by atoms with E-state index in [1.165, 1.54) is 24.3 Å². The molecule has 0 aliphatic heterocycles. The number of halogens is 1. The van der Waals surface area contributed by atoms with E-state index in [0.717, 1.165) is 3.57 Å². The summed E-state index contributed by atoms with van der Waals surface area (Å²) in [5.41, 5.74) is 0.121. The highest BCUT2D eigenvalue weighted by molar-refractivity contribution is 14.1. The summed E-state index contributed by atoms with van der Waals surface area (Å²) in [6, 6.07) is 13.3. The highest BCUT2D eigenvalue weighted by atomic mass is 127. The summed E-state index contributed by atoms with van der Waals surface area (Å²) in [4.78, 5) is 12.1. The minimum absolute atomic E-state index is 0.142. The standard InChI is InChI=1S/C18H21IN2O4S/c1-18(2,3)21-26(23,24)16-10-8-15(9-11-16)25-12-17(22)20-14-6-4-13(19)5-7-14/h4-11,21H,12H2,1-3H3,(H,20,22). The number of anilines is 1. The molecule has 2 aromatic carbocycles. The van der Waals surface area contributed by atoms with Crippen LogP contribution in [0.15, 0.2) is 53.4 Å². The van der Waals surface area contributed by atoms with E-state index in [1.807, 2.05) is 24.3 Å². The van der Waals surface area contributed by atoms with Gasteiger partial charge in [0.15, 0.2) is 6.61 Å². The van der Waals surface area contributed by atoms with Gasteiger partial charge in [0.2, 0.25) is 10.0 Å². The maximum absolute atomic E-state index is 12.2. The van der Waals surface area contributed by atoms with E-state index >= 15 is 0 Å². The van der Waals surface area contributed by atoms with Gasteiger partial charge in [-0.1, -0.05) is 0 Å². The maximum atomic E-state index is 12.2. The first-order chi connectivity index (χ1) is 12.0. The summed E-state index contributed by atoms with van der Waals surface area (Å²) in [5.74, 6) is 0.120. The lowest BCUT2D eigenvalue weighted by atomic mass is 10.1. The molecule has 0 atom stereocenters. The predicted octanol–water partition coefficient (Wildman–Crippen LogP) is 3.39. The number of rotatable bonds is 6. The third-order valence-electron chi connectivity index (χ3n) is 3.07. The minimum atomic E-state index is -3.60. The molecule has 8 heteroatoms. The summed E-state index contributed by atoms with van der Waals surface area (Å²) in [6.07, 6.45) is 0. The second-order valence-electron chi connectivity index (χ2n) is 6.67. The Hall–Kier alpha value is -1.65. The van der Waals surface area contributed by atoms with Gasteiger partial charge in [0.05, 0.1) is 4.90 Å². The Kier molecular flexibility index (Phi) is 6.64. The first-order valence-corrected chi connectivity index (χ1v) is 10.4. The number of hydrogen-bond acceptors (Lipinski definition) is 4. The lowest BCUT2D eigenvalue weighted by Crippen LogP contribution is -2.40. The molecule has 0 saturated carbocycles. The molecule has 0 radical (unpaired) electrons. The van der Waals surface area contributed by atoms with Gasteiger partial charge in [0.1, 0.15) is 5.75 Å². The van der Waals surface area contributed by atoms with Crippen LogP contribution in [0.3, 0.4) is 0 Å². The van der Waals surface area contributed by atoms with Crippen molar-refractivity contribution in [3.8, 4) is 5.75 Å². The van der Waals surface area contributed by atoms with Crippen molar-refractivity contribution in [2.24, 2.45) is 0 Å². The predicted molar refractivity (Wildman–Crippen MR) is 110 cm³/mol. The van der Waals surface area contributed by atoms with E-state index in [4.69, 9.17) is 4.74 Å². The van der Waals surface area contributed by atoms with Crippen LogP contribution in [-0.4, -0.2) is 26.5 Å². The molecule has 0 spiro atoms. The normalized spacial score (nSPS) is 11.8. The first kappa shape index (κ1) is 20.7. The van der Waals surface area contributed by atoms with E-state index in [0.29, 0.717) is 11.4 Å². The zero-order chi connectivity index (χ0) is 19.4. The van der Waals surface area contributed by atoms with Crippen LogP contribution in [-0.2, 0) is 14.8 Å². The quantitative estimate of drug-likeness (QED) is 0.611. The molecule has 0 bridgehead atoms. The van der Waals surface area contributed by atoms with Crippen LogP contribution in [0.4, 0.5) is 5.69 Å². The molecule has 2 rings (SSSR count). The van der Waals surface area contributed by atoms with Gasteiger partial charge in [0, 0.05) is 14.8 Å². The third kappa shape index (κ3) is 6.58. The van der Waals surface area contributed by atoms with Gasteiger partial charge in [-0.15, -0.1) is 0 Å². The van der Waals surface area contributed by atoms with Crippen LogP contribution in [0.1, 0.15) is 20.8 Å². The number of hydrogen-bond donors (Lipinski definition) is 2. The Morgan fingerprint density at radius 3 is 2.15 bits per heavy atom. The van der Waals surface area contributed by atoms with Gasteiger partial charge in [-0.2, -0.15) is 0 Å². The van der Waals surface area contributed by atoms with Crippen molar-refractivity contribution in [3.63, 3.8) is 0 Å². The third-order valence-corrected chi connectivity index (χ3v) is 5.57. The molecular formula is C18H21IN2O4S. The van der Waals surface area contributed by atoms with Crippen LogP contribution in [0.2, 0.25) is 0 Å². The smallest absolute Gasteiger partial charge is 0.262 e. The topological polar surface area (TPSA) is 84.5 Å². The molecule has 6 nitrogen and oxygen atoms in total. The Bertz CT molecular complexity index is 858. The molecule has 1 amide bonds. The molecule has 0 fully saturated rings. The lowest BCUT2D eigenvalue weighted by molar-refractivity contribution is -0.118. The van der Waals surface area contributed by atoms with Crippen molar-refractivity contribution in [3.05, 3.63) is 52.1 Å². The fraction of sp³-hybridized carbons (Fsp3) is 0.278. The average Bonchev–Trinajstić information content (AvgIpc) is 2.53. The van der Waals surface area contributed by atoms with Crippen molar-refractivity contribution >= 4 is 44.2 Å². The van der Waals surface area contributed by atoms with Crippen molar-refractivity contribution in [1.82, 2.24) is 4.72 Å². The van der Waals surface area contributed by atoms with E-state index in [1.54, 1.807) is 20.8 Å². The zero-order valence-electron chi connectivity index (χ0n) is 14.7. The van der Waals surface area contributed by atoms with Gasteiger partial charge < -0.3 is 10.1 Å². The Balaban J connectivity index is 1.92. The van der Waals surface area contributed by atoms with Crippen molar-refractivity contribution < 1.29 is 17.9 Å². The molecule has 26 heavy (non-hydrogen) atoms. The van der Waals surface area contributed by atoms with Gasteiger partial charge >= 0.3 is 0 Å². The second kappa shape index (κ2) is 8.36. The summed E-state index contributed by atoms with van der Waals surface area (Å²) in [5, 5.41) is 2.73. The summed E-state index contributed by atoms with van der Waals surface area (Å²) in [6.45, 7) is 5.15. The van der Waals surface area contributed by atoms with Crippen LogP contribution in [0.5, 0.6) is 5.75 Å². The average molecular weight is 488 g/mol. The molecule has 0 unspecified atom stereocenters. The van der Waals surface area contributed by atoms with Gasteiger partial charge in [-0.25, -0.2) is 13.1 Å². The minimum Gasteiger partial charge on any atom is -0.484 e. The summed E-state index contributed by atoms with van der Waals surface area (Å²) in [7, 11) is -3.60. The van der Waals surface area contributed by atoms with E-state index in [-0.39, 0.29) is 17.4 Å². The SMILES string of the molecule is CC(C)(C)NS(=O)(=O)c1ccc(OCC(=O)Nc2ccc(I)cc2)cc1. The number of ether oxygens (including phenoxy) is 1. The Morgan fingerprint density at radius 2 is 1.62 bits per heavy atom. The molecular weight excluding hydrogens is 467 g/mol. The molecule has 140 valence electrons. The van der Waals surface area contributed by atoms with Crippen molar-refractivity contribution in [2.75, 3.05) is 11.9 Å². The lowest BCUT2D eigenvalue weighted by Gasteiger charge is -2.20. The molecule has 2 N–H and O–H groups in total. The largest absolute Gasteiger partial charge is 0.484 e. The van der Waals surface area contributed by atoms with Crippen LogP contribution in [0, 0.1) is 3.57 Å². The number of nitrogens with one attached hydrogen (secondary N) is 2. The highest BCUT2D eigenvalue weighted by Crippen LogP contribution is 2.18. The van der Waals surface area contributed by atoms with E-state index < -0.39 is 15.6 Å². The summed E-state index contributed by atoms with van der Waals surface area (Å²) >= 11 is 2.18. The fourth-order valence-electron chi connectivity index (χ4n) is 2.06. The highest BCUT2D eigenvalue weighted by Gasteiger charge is 2.21. The van der Waals surface area contributed by atoms with Crippen molar-refractivity contribution in [1.29, 1.82) is 0 Å². The number of carbonyl (C=O) groups excluding carboxylic acids is 1. The van der Waals surface area contributed by atoms with Crippen molar-refractivity contribution in [2.45, 2.75) is 31.2 Å². The number of sulfonamides is 1. The van der Waals surface area contributed by atoms with Gasteiger partial charge in [-0.05, 0) is 91.9 Å². The Morgan fingerprint density at radius 1 is 1.04 bits per heavy atom. The zero-order valence-corrected chi connectivity index (χ0v) is 17.7. The summed E-state index contributed by atoms with van der Waals surface area (Å²) < 4.78 is 33.5. The van der Waals surface area contributed by atoms with Crippen LogP contribution >= 0.6 is 22.6 Å². The molecule has 0 saturated heterocycles. The van der Waals surface area contributed by atoms with Gasteiger partial charge in [0.25, 0.3) is 5.91 Å². The van der Waals surface area contributed by atoms with E-state index in [2.05, 4.69) is 32.6 Å². The Labute approximate surface area is 167 Å². The second-order valence-corrected chi connectivity index (χ2v) is 9.60. The molecule has 0 aliphatic carbocycles. The fourth-order valence-corrected chi connectivity index (χ4v) is 3.83. The molecule has 0 aliphatic rings. The monoisotopic (exact) mass is 488 g/mol. The number of amides is 1. The molecule has 2 aromatic rings. The van der Waals surface area contributed by atoms with Crippen LogP contribution < -0.4 is 14.8 Å².